The molecule has 0 bridgehead atoms. The number of halogens is 1. The van der Waals surface area contributed by atoms with E-state index < -0.39 is 11.4 Å². The van der Waals surface area contributed by atoms with Crippen LogP contribution < -0.4 is 0 Å². The topological polar surface area (TPSA) is 53.4 Å². The number of aliphatic hydroxyl groups is 1. The molecule has 0 unspecified atom stereocenters. The molecule has 0 aromatic carbocycles. The smallest absolute Gasteiger partial charge is 0.255 e. The average Bonchev–Trinajstić information content (AvgIpc) is 2.76. The first-order chi connectivity index (χ1) is 8.39. The molecule has 98 valence electrons. The quantitative estimate of drug-likeness (QED) is 0.869. The molecule has 0 spiro atoms. The van der Waals surface area contributed by atoms with Crippen molar-refractivity contribution in [3.63, 3.8) is 0 Å². The second kappa shape index (κ2) is 4.65. The first-order valence-corrected chi connectivity index (χ1v) is 6.03. The van der Waals surface area contributed by atoms with Crippen LogP contribution in [0.4, 0.5) is 4.39 Å². The van der Waals surface area contributed by atoms with Crippen LogP contribution >= 0.6 is 0 Å². The van der Waals surface area contributed by atoms with Gasteiger partial charge in [0.1, 0.15) is 5.82 Å². The Morgan fingerprint density at radius 3 is 2.89 bits per heavy atom. The predicted molar refractivity (Wildman–Crippen MR) is 64.6 cm³/mol. The summed E-state index contributed by atoms with van der Waals surface area (Å²) >= 11 is 0. The minimum atomic E-state index is -0.951. The van der Waals surface area contributed by atoms with Gasteiger partial charge in [-0.2, -0.15) is 0 Å². The van der Waals surface area contributed by atoms with Crippen LogP contribution in [0.5, 0.6) is 0 Å². The molecule has 1 atom stereocenters. The predicted octanol–water partition coefficient (Wildman–Crippen LogP) is 1.60. The van der Waals surface area contributed by atoms with Gasteiger partial charge in [0.05, 0.1) is 23.4 Å². The number of hydrogen-bond acceptors (Lipinski definition) is 3. The van der Waals surface area contributed by atoms with Crippen molar-refractivity contribution >= 4 is 5.91 Å². The summed E-state index contributed by atoms with van der Waals surface area (Å²) in [5, 5.41) is 10.1. The Bertz CT molecular complexity index is 457. The molecular weight excluding hydrogens is 235 g/mol. The third-order valence-corrected chi connectivity index (χ3v) is 3.28. The number of pyridine rings is 1. The molecule has 0 saturated carbocycles. The molecule has 0 aliphatic carbocycles. The number of carbonyl (C=O) groups is 1. The zero-order valence-electron chi connectivity index (χ0n) is 10.6. The summed E-state index contributed by atoms with van der Waals surface area (Å²) in [6.45, 7) is 3.96. The first kappa shape index (κ1) is 13.0. The van der Waals surface area contributed by atoms with Crippen molar-refractivity contribution in [2.24, 2.45) is 0 Å². The monoisotopic (exact) mass is 252 g/mol. The van der Waals surface area contributed by atoms with E-state index in [-0.39, 0.29) is 17.5 Å². The molecule has 1 N–H and O–H groups in total. The van der Waals surface area contributed by atoms with Crippen LogP contribution in [0.1, 0.15) is 37.0 Å². The van der Waals surface area contributed by atoms with Crippen molar-refractivity contribution in [2.75, 3.05) is 6.54 Å². The van der Waals surface area contributed by atoms with Crippen molar-refractivity contribution in [3.05, 3.63) is 29.8 Å². The van der Waals surface area contributed by atoms with E-state index in [1.54, 1.807) is 18.7 Å². The van der Waals surface area contributed by atoms with Gasteiger partial charge in [0.15, 0.2) is 0 Å². The van der Waals surface area contributed by atoms with Crippen LogP contribution in [-0.2, 0) is 0 Å². The van der Waals surface area contributed by atoms with Crippen LogP contribution in [0.3, 0.4) is 0 Å². The van der Waals surface area contributed by atoms with Crippen LogP contribution in [0.2, 0.25) is 0 Å². The maximum Gasteiger partial charge on any atom is 0.255 e. The SMILES string of the molecule is CC(C)(O)[C@H]1CCCN1C(=O)c1cncc(F)c1. The van der Waals surface area contributed by atoms with Gasteiger partial charge in [-0.1, -0.05) is 0 Å². The summed E-state index contributed by atoms with van der Waals surface area (Å²) in [5.41, 5.74) is -0.724. The maximum absolute atomic E-state index is 13.1. The highest BCUT2D eigenvalue weighted by atomic mass is 19.1. The van der Waals surface area contributed by atoms with Gasteiger partial charge < -0.3 is 10.0 Å². The third-order valence-electron chi connectivity index (χ3n) is 3.28. The lowest BCUT2D eigenvalue weighted by molar-refractivity contribution is 0.000306. The molecule has 1 aromatic heterocycles. The van der Waals surface area contributed by atoms with Crippen molar-refractivity contribution in [1.82, 2.24) is 9.88 Å². The normalized spacial score (nSPS) is 20.2. The second-order valence-corrected chi connectivity index (χ2v) is 5.20. The van der Waals surface area contributed by atoms with Gasteiger partial charge in [0.25, 0.3) is 5.91 Å². The standard InChI is InChI=1S/C13H17FN2O2/c1-13(2,18)11-4-3-5-16(11)12(17)9-6-10(14)8-15-7-9/h6-8,11,18H,3-5H2,1-2H3/t11-/m1/s1. The highest BCUT2D eigenvalue weighted by Crippen LogP contribution is 2.28. The minimum absolute atomic E-state index is 0.228. The van der Waals surface area contributed by atoms with Gasteiger partial charge >= 0.3 is 0 Å². The highest BCUT2D eigenvalue weighted by Gasteiger charge is 2.38. The number of likely N-dealkylation sites (tertiary alicyclic amines) is 1. The average molecular weight is 252 g/mol. The fourth-order valence-corrected chi connectivity index (χ4v) is 2.44. The van der Waals surface area contributed by atoms with Crippen LogP contribution in [0.15, 0.2) is 18.5 Å². The largest absolute Gasteiger partial charge is 0.388 e. The fourth-order valence-electron chi connectivity index (χ4n) is 2.44. The molecule has 4 nitrogen and oxygen atoms in total. The summed E-state index contributed by atoms with van der Waals surface area (Å²) in [6.07, 6.45) is 4.03. The van der Waals surface area contributed by atoms with Gasteiger partial charge in [-0.05, 0) is 32.8 Å². The Hall–Kier alpha value is -1.49. The Kier molecular flexibility index (Phi) is 3.34. The van der Waals surface area contributed by atoms with E-state index in [1.165, 1.54) is 12.3 Å². The van der Waals surface area contributed by atoms with E-state index in [0.717, 1.165) is 19.0 Å². The van der Waals surface area contributed by atoms with Crippen molar-refractivity contribution in [3.8, 4) is 0 Å². The molecular formula is C13H17FN2O2. The van der Waals surface area contributed by atoms with Crippen LogP contribution in [-0.4, -0.2) is 39.1 Å². The molecule has 0 radical (unpaired) electrons. The minimum Gasteiger partial charge on any atom is -0.388 e. The Morgan fingerprint density at radius 1 is 1.56 bits per heavy atom. The molecule has 1 saturated heterocycles. The molecule has 5 heteroatoms. The lowest BCUT2D eigenvalue weighted by atomic mass is 9.96. The van der Waals surface area contributed by atoms with Crippen LogP contribution in [0.25, 0.3) is 0 Å². The molecule has 1 fully saturated rings. The highest BCUT2D eigenvalue weighted by molar-refractivity contribution is 5.94. The Labute approximate surface area is 105 Å². The van der Waals surface area contributed by atoms with E-state index >= 15 is 0 Å². The van der Waals surface area contributed by atoms with E-state index in [2.05, 4.69) is 4.98 Å². The number of amides is 1. The van der Waals surface area contributed by atoms with E-state index in [1.807, 2.05) is 0 Å². The molecule has 1 aliphatic rings. The molecule has 2 heterocycles. The van der Waals surface area contributed by atoms with Crippen molar-refractivity contribution in [2.45, 2.75) is 38.3 Å². The van der Waals surface area contributed by atoms with Gasteiger partial charge in [0.2, 0.25) is 0 Å². The molecule has 18 heavy (non-hydrogen) atoms. The first-order valence-electron chi connectivity index (χ1n) is 6.03. The van der Waals surface area contributed by atoms with Gasteiger partial charge in [-0.3, -0.25) is 9.78 Å². The van der Waals surface area contributed by atoms with Gasteiger partial charge in [-0.25, -0.2) is 4.39 Å². The zero-order valence-corrected chi connectivity index (χ0v) is 10.6. The Morgan fingerprint density at radius 2 is 2.28 bits per heavy atom. The lowest BCUT2D eigenvalue weighted by Crippen LogP contribution is -2.48. The maximum atomic E-state index is 13.1. The summed E-state index contributed by atoms with van der Waals surface area (Å²) < 4.78 is 13.1. The fraction of sp³-hybridized carbons (Fsp3) is 0.538. The number of rotatable bonds is 2. The number of aromatic nitrogens is 1. The van der Waals surface area contributed by atoms with E-state index in [9.17, 15) is 14.3 Å². The molecule has 2 rings (SSSR count). The molecule has 1 aliphatic heterocycles. The number of carbonyl (C=O) groups excluding carboxylic acids is 1. The zero-order chi connectivity index (χ0) is 13.3. The van der Waals surface area contributed by atoms with E-state index in [0.29, 0.717) is 6.54 Å². The second-order valence-electron chi connectivity index (χ2n) is 5.20. The summed E-state index contributed by atoms with van der Waals surface area (Å²) in [7, 11) is 0. The summed E-state index contributed by atoms with van der Waals surface area (Å²) in [5.74, 6) is -0.800. The van der Waals surface area contributed by atoms with Crippen molar-refractivity contribution < 1.29 is 14.3 Å². The van der Waals surface area contributed by atoms with Gasteiger partial charge in [0, 0.05) is 12.7 Å². The molecule has 1 aromatic rings. The van der Waals surface area contributed by atoms with Crippen molar-refractivity contribution in [1.29, 1.82) is 0 Å². The van der Waals surface area contributed by atoms with E-state index in [4.69, 9.17) is 0 Å². The third kappa shape index (κ3) is 2.51. The molecule has 1 amide bonds. The summed E-state index contributed by atoms with van der Waals surface area (Å²) in [6, 6.07) is 0.947. The lowest BCUT2D eigenvalue weighted by Gasteiger charge is -2.33. The number of hydrogen-bond donors (Lipinski definition) is 1. The number of nitrogens with zero attached hydrogens (tertiary/aromatic N) is 2. The van der Waals surface area contributed by atoms with Gasteiger partial charge in [-0.15, -0.1) is 0 Å². The summed E-state index contributed by atoms with van der Waals surface area (Å²) in [4.78, 5) is 17.6. The Balaban J connectivity index is 2.23. The van der Waals surface area contributed by atoms with Crippen LogP contribution in [0, 0.1) is 5.82 Å².